The standard InChI is InChI=1S/C13H15BrN2O3/c14-9-3-1-2-8(4-9)5-11(13(18)19)16-7-10(15)6-12(16)17/h1-4,10-11H,5-7,15H2,(H,18,19). The number of halogens is 1. The summed E-state index contributed by atoms with van der Waals surface area (Å²) < 4.78 is 0.888. The smallest absolute Gasteiger partial charge is 0.326 e. The number of rotatable bonds is 4. The number of carbonyl (C=O) groups is 2. The molecule has 1 amide bonds. The van der Waals surface area contributed by atoms with Gasteiger partial charge in [-0.05, 0) is 17.7 Å². The van der Waals surface area contributed by atoms with E-state index < -0.39 is 12.0 Å². The third-order valence-electron chi connectivity index (χ3n) is 3.17. The minimum atomic E-state index is -0.998. The zero-order chi connectivity index (χ0) is 14.0. The number of nitrogens with zero attached hydrogens (tertiary/aromatic N) is 1. The molecule has 0 aromatic heterocycles. The highest BCUT2D eigenvalue weighted by atomic mass is 79.9. The summed E-state index contributed by atoms with van der Waals surface area (Å²) in [7, 11) is 0. The van der Waals surface area contributed by atoms with Crippen LogP contribution in [0.2, 0.25) is 0 Å². The van der Waals surface area contributed by atoms with E-state index in [0.717, 1.165) is 10.0 Å². The maximum Gasteiger partial charge on any atom is 0.326 e. The quantitative estimate of drug-likeness (QED) is 0.864. The fraction of sp³-hybridized carbons (Fsp3) is 0.385. The number of likely N-dealkylation sites (tertiary alicyclic amines) is 1. The molecule has 2 rings (SSSR count). The summed E-state index contributed by atoms with van der Waals surface area (Å²) >= 11 is 3.35. The van der Waals surface area contributed by atoms with Crippen LogP contribution in [0.4, 0.5) is 0 Å². The van der Waals surface area contributed by atoms with Crippen molar-refractivity contribution in [2.75, 3.05) is 6.54 Å². The lowest BCUT2D eigenvalue weighted by atomic mass is 10.1. The summed E-state index contributed by atoms with van der Waals surface area (Å²) in [4.78, 5) is 24.5. The van der Waals surface area contributed by atoms with Gasteiger partial charge < -0.3 is 15.7 Å². The highest BCUT2D eigenvalue weighted by Gasteiger charge is 2.36. The summed E-state index contributed by atoms with van der Waals surface area (Å²) in [6, 6.07) is 6.30. The molecule has 5 nitrogen and oxygen atoms in total. The Kier molecular flexibility index (Phi) is 4.21. The number of hydrogen-bond donors (Lipinski definition) is 2. The van der Waals surface area contributed by atoms with E-state index in [1.165, 1.54) is 4.90 Å². The highest BCUT2D eigenvalue weighted by Crippen LogP contribution is 2.19. The molecular formula is C13H15BrN2O3. The predicted molar refractivity (Wildman–Crippen MR) is 73.6 cm³/mol. The molecule has 0 spiro atoms. The van der Waals surface area contributed by atoms with Crippen LogP contribution in [0.5, 0.6) is 0 Å². The molecule has 1 aliphatic rings. The summed E-state index contributed by atoms with van der Waals surface area (Å²) in [5.74, 6) is -1.18. The zero-order valence-corrected chi connectivity index (χ0v) is 11.8. The van der Waals surface area contributed by atoms with Gasteiger partial charge in [0.15, 0.2) is 0 Å². The number of carboxylic acids is 1. The maximum atomic E-state index is 11.8. The highest BCUT2D eigenvalue weighted by molar-refractivity contribution is 9.10. The van der Waals surface area contributed by atoms with Crippen molar-refractivity contribution in [1.29, 1.82) is 0 Å². The molecule has 0 bridgehead atoms. The number of nitrogens with two attached hydrogens (primary N) is 1. The van der Waals surface area contributed by atoms with Gasteiger partial charge in [0, 0.05) is 29.9 Å². The minimum Gasteiger partial charge on any atom is -0.480 e. The van der Waals surface area contributed by atoms with E-state index in [-0.39, 0.29) is 24.8 Å². The van der Waals surface area contributed by atoms with Gasteiger partial charge in [0.25, 0.3) is 0 Å². The summed E-state index contributed by atoms with van der Waals surface area (Å²) in [6.45, 7) is 0.309. The summed E-state index contributed by atoms with van der Waals surface area (Å²) in [6.07, 6.45) is 0.509. The third-order valence-corrected chi connectivity index (χ3v) is 3.66. The lowest BCUT2D eigenvalue weighted by Crippen LogP contribution is -2.44. The van der Waals surface area contributed by atoms with Gasteiger partial charge >= 0.3 is 5.97 Å². The molecule has 1 fully saturated rings. The van der Waals surface area contributed by atoms with Crippen molar-refractivity contribution in [3.8, 4) is 0 Å². The van der Waals surface area contributed by atoms with Gasteiger partial charge in [-0.2, -0.15) is 0 Å². The molecule has 1 aliphatic heterocycles. The Balaban J connectivity index is 2.17. The SMILES string of the molecule is NC1CC(=O)N(C(Cc2cccc(Br)c2)C(=O)O)C1. The normalized spacial score (nSPS) is 20.6. The molecule has 0 aliphatic carbocycles. The van der Waals surface area contributed by atoms with E-state index in [1.807, 2.05) is 24.3 Å². The van der Waals surface area contributed by atoms with Crippen LogP contribution in [-0.2, 0) is 16.0 Å². The molecule has 0 radical (unpaired) electrons. The molecule has 1 aromatic carbocycles. The van der Waals surface area contributed by atoms with Gasteiger partial charge in [-0.25, -0.2) is 4.79 Å². The van der Waals surface area contributed by atoms with E-state index in [0.29, 0.717) is 6.54 Å². The van der Waals surface area contributed by atoms with Crippen molar-refractivity contribution in [2.45, 2.75) is 24.9 Å². The molecule has 19 heavy (non-hydrogen) atoms. The van der Waals surface area contributed by atoms with E-state index in [9.17, 15) is 14.7 Å². The van der Waals surface area contributed by atoms with Crippen LogP contribution >= 0.6 is 15.9 Å². The van der Waals surface area contributed by atoms with Crippen LogP contribution in [-0.4, -0.2) is 40.5 Å². The fourth-order valence-electron chi connectivity index (χ4n) is 2.28. The molecule has 2 unspecified atom stereocenters. The molecule has 2 atom stereocenters. The van der Waals surface area contributed by atoms with Crippen molar-refractivity contribution >= 4 is 27.8 Å². The number of amides is 1. The van der Waals surface area contributed by atoms with Gasteiger partial charge in [0.2, 0.25) is 5.91 Å². The number of carbonyl (C=O) groups excluding carboxylic acids is 1. The third kappa shape index (κ3) is 3.33. The molecule has 102 valence electrons. The second kappa shape index (κ2) is 5.71. The molecule has 1 saturated heterocycles. The van der Waals surface area contributed by atoms with Crippen molar-refractivity contribution in [2.24, 2.45) is 5.73 Å². The van der Waals surface area contributed by atoms with Crippen molar-refractivity contribution in [3.05, 3.63) is 34.3 Å². The van der Waals surface area contributed by atoms with Gasteiger partial charge in [-0.15, -0.1) is 0 Å². The molecule has 1 heterocycles. The van der Waals surface area contributed by atoms with Crippen LogP contribution in [0.1, 0.15) is 12.0 Å². The first-order valence-electron chi connectivity index (χ1n) is 5.99. The summed E-state index contributed by atoms with van der Waals surface area (Å²) in [5.41, 5.74) is 6.58. The van der Waals surface area contributed by atoms with Crippen molar-refractivity contribution in [1.82, 2.24) is 4.90 Å². The average molecular weight is 327 g/mol. The van der Waals surface area contributed by atoms with E-state index >= 15 is 0 Å². The first-order valence-corrected chi connectivity index (χ1v) is 6.79. The monoisotopic (exact) mass is 326 g/mol. The predicted octanol–water partition coefficient (Wildman–Crippen LogP) is 1.00. The van der Waals surface area contributed by atoms with E-state index in [2.05, 4.69) is 15.9 Å². The second-order valence-electron chi connectivity index (χ2n) is 4.70. The lowest BCUT2D eigenvalue weighted by Gasteiger charge is -2.24. The molecular weight excluding hydrogens is 312 g/mol. The Labute approximate surface area is 119 Å². The molecule has 6 heteroatoms. The maximum absolute atomic E-state index is 11.8. The topological polar surface area (TPSA) is 83.6 Å². The number of aliphatic carboxylic acids is 1. The van der Waals surface area contributed by atoms with Crippen LogP contribution < -0.4 is 5.73 Å². The van der Waals surface area contributed by atoms with Gasteiger partial charge in [-0.3, -0.25) is 4.79 Å². The van der Waals surface area contributed by atoms with Gasteiger partial charge in [0.05, 0.1) is 0 Å². The number of hydrogen-bond acceptors (Lipinski definition) is 3. The van der Waals surface area contributed by atoms with E-state index in [4.69, 9.17) is 5.73 Å². The molecule has 0 saturated carbocycles. The fourth-order valence-corrected chi connectivity index (χ4v) is 2.73. The minimum absolute atomic E-state index is 0.185. The Morgan fingerprint density at radius 2 is 2.32 bits per heavy atom. The first kappa shape index (κ1) is 14.0. The van der Waals surface area contributed by atoms with Crippen LogP contribution in [0.3, 0.4) is 0 Å². The summed E-state index contributed by atoms with van der Waals surface area (Å²) in [5, 5.41) is 9.32. The zero-order valence-electron chi connectivity index (χ0n) is 10.3. The molecule has 3 N–H and O–H groups in total. The Morgan fingerprint density at radius 1 is 1.58 bits per heavy atom. The van der Waals surface area contributed by atoms with Crippen molar-refractivity contribution < 1.29 is 14.7 Å². The second-order valence-corrected chi connectivity index (χ2v) is 5.61. The number of carboxylic acid groups (broad SMARTS) is 1. The van der Waals surface area contributed by atoms with E-state index in [1.54, 1.807) is 0 Å². The number of benzene rings is 1. The van der Waals surface area contributed by atoms with Crippen LogP contribution in [0.25, 0.3) is 0 Å². The van der Waals surface area contributed by atoms with Gasteiger partial charge in [0.1, 0.15) is 6.04 Å². The first-order chi connectivity index (χ1) is 8.97. The lowest BCUT2D eigenvalue weighted by molar-refractivity contribution is -0.148. The van der Waals surface area contributed by atoms with Crippen molar-refractivity contribution in [3.63, 3.8) is 0 Å². The van der Waals surface area contributed by atoms with Gasteiger partial charge in [-0.1, -0.05) is 28.1 Å². The van der Waals surface area contributed by atoms with Crippen LogP contribution in [0, 0.1) is 0 Å². The Hall–Kier alpha value is -1.40. The Bertz CT molecular complexity index is 506. The largest absolute Gasteiger partial charge is 0.480 e. The molecule has 1 aromatic rings. The Morgan fingerprint density at radius 3 is 2.84 bits per heavy atom. The van der Waals surface area contributed by atoms with Crippen LogP contribution in [0.15, 0.2) is 28.7 Å². The average Bonchev–Trinajstić information content (AvgIpc) is 2.65.